The molecule has 0 unspecified atom stereocenters. The van der Waals surface area contributed by atoms with Gasteiger partial charge in [0.2, 0.25) is 0 Å². The van der Waals surface area contributed by atoms with Gasteiger partial charge in [-0.2, -0.15) is 0 Å². The molecule has 3 heterocycles. The number of hydrogen-bond acceptors (Lipinski definition) is 7. The number of amides is 2. The van der Waals surface area contributed by atoms with Gasteiger partial charge in [0.05, 0.1) is 0 Å². The number of urea groups is 1. The summed E-state index contributed by atoms with van der Waals surface area (Å²) in [6.45, 7) is 8.95. The summed E-state index contributed by atoms with van der Waals surface area (Å²) in [6.07, 6.45) is 0. The summed E-state index contributed by atoms with van der Waals surface area (Å²) >= 11 is 1.32. The van der Waals surface area contributed by atoms with Gasteiger partial charge < -0.3 is 15.1 Å². The van der Waals surface area contributed by atoms with Crippen LogP contribution >= 0.6 is 11.3 Å². The van der Waals surface area contributed by atoms with Gasteiger partial charge in [0.25, 0.3) is 0 Å². The van der Waals surface area contributed by atoms with Crippen LogP contribution in [0.2, 0.25) is 0 Å². The summed E-state index contributed by atoms with van der Waals surface area (Å²) in [5.41, 5.74) is 1.55. The van der Waals surface area contributed by atoms with E-state index < -0.39 is 0 Å². The van der Waals surface area contributed by atoms with Crippen LogP contribution in [-0.4, -0.2) is 78.7 Å². The average Bonchev–Trinajstić information content (AvgIpc) is 3.21. The lowest BCUT2D eigenvalue weighted by Crippen LogP contribution is -2.48. The fraction of sp³-hybridized carbons (Fsp3) is 0.409. The highest BCUT2D eigenvalue weighted by Crippen LogP contribution is 2.29. The molecule has 2 N–H and O–H groups in total. The minimum Gasteiger partial charge on any atom is -0.337 e. The lowest BCUT2D eigenvalue weighted by Gasteiger charge is -2.33. The predicted octanol–water partition coefficient (Wildman–Crippen LogP) is 3.36. The number of rotatable bonds is 7. The van der Waals surface area contributed by atoms with E-state index in [0.717, 1.165) is 55.3 Å². The van der Waals surface area contributed by atoms with Crippen LogP contribution in [0, 0.1) is 5.82 Å². The van der Waals surface area contributed by atoms with Gasteiger partial charge in [0, 0.05) is 52.0 Å². The highest BCUT2D eigenvalue weighted by molar-refractivity contribution is 7.22. The summed E-state index contributed by atoms with van der Waals surface area (Å²) < 4.78 is 13.2. The van der Waals surface area contributed by atoms with Crippen LogP contribution in [0.25, 0.3) is 10.3 Å². The standard InChI is InChI=1S/C22H28FN7OS/c1-3-29-12-14-30(15-13-29)11-10-24-21(31)27-22-25-18-8-9-19(26-20(18)32-22)28(2)17-6-4-16(23)5-7-17/h4-9H,3,10-15H2,1-2H3,(H2,24,25,27,31). The van der Waals surface area contributed by atoms with E-state index in [0.29, 0.717) is 17.5 Å². The molecule has 1 aromatic carbocycles. The first-order valence-electron chi connectivity index (χ1n) is 10.8. The maximum absolute atomic E-state index is 13.2. The maximum atomic E-state index is 13.2. The largest absolute Gasteiger partial charge is 0.337 e. The van der Waals surface area contributed by atoms with Crippen molar-refractivity contribution >= 4 is 44.4 Å². The Morgan fingerprint density at radius 1 is 1.09 bits per heavy atom. The number of pyridine rings is 1. The third-order valence-electron chi connectivity index (χ3n) is 5.64. The molecule has 8 nitrogen and oxygen atoms in total. The Hall–Kier alpha value is -2.82. The number of nitrogens with zero attached hydrogens (tertiary/aromatic N) is 5. The molecule has 1 saturated heterocycles. The molecular formula is C22H28FN7OS. The van der Waals surface area contributed by atoms with Gasteiger partial charge in [-0.05, 0) is 42.9 Å². The van der Waals surface area contributed by atoms with Crippen molar-refractivity contribution in [2.45, 2.75) is 6.92 Å². The Morgan fingerprint density at radius 3 is 2.53 bits per heavy atom. The number of fused-ring (bicyclic) bond motifs is 1. The van der Waals surface area contributed by atoms with E-state index in [9.17, 15) is 9.18 Å². The molecule has 0 atom stereocenters. The summed E-state index contributed by atoms with van der Waals surface area (Å²) in [6, 6.07) is 9.70. The van der Waals surface area contributed by atoms with Gasteiger partial charge in [-0.15, -0.1) is 0 Å². The van der Waals surface area contributed by atoms with Crippen molar-refractivity contribution in [3.63, 3.8) is 0 Å². The van der Waals surface area contributed by atoms with Crippen molar-refractivity contribution in [1.82, 2.24) is 25.1 Å². The molecule has 3 aromatic rings. The zero-order chi connectivity index (χ0) is 22.5. The Labute approximate surface area is 191 Å². The number of nitrogens with one attached hydrogen (secondary N) is 2. The number of piperazine rings is 1. The Morgan fingerprint density at radius 2 is 1.81 bits per heavy atom. The van der Waals surface area contributed by atoms with Crippen LogP contribution in [0.3, 0.4) is 0 Å². The monoisotopic (exact) mass is 457 g/mol. The third-order valence-corrected chi connectivity index (χ3v) is 6.53. The predicted molar refractivity (Wildman–Crippen MR) is 127 cm³/mol. The Balaban J connectivity index is 1.30. The molecule has 170 valence electrons. The lowest BCUT2D eigenvalue weighted by molar-refractivity contribution is 0.138. The van der Waals surface area contributed by atoms with Crippen LogP contribution in [0.15, 0.2) is 36.4 Å². The SMILES string of the molecule is CCN1CCN(CCNC(=O)Nc2nc3ccc(N(C)c4ccc(F)cc4)nc3s2)CC1. The van der Waals surface area contributed by atoms with Gasteiger partial charge in [-0.3, -0.25) is 10.2 Å². The first-order chi connectivity index (χ1) is 15.5. The van der Waals surface area contributed by atoms with Crippen molar-refractivity contribution < 1.29 is 9.18 Å². The summed E-state index contributed by atoms with van der Waals surface area (Å²) in [5.74, 6) is 0.438. The van der Waals surface area contributed by atoms with Crippen LogP contribution in [0.1, 0.15) is 6.92 Å². The van der Waals surface area contributed by atoms with E-state index in [1.54, 1.807) is 12.1 Å². The van der Waals surface area contributed by atoms with E-state index in [1.807, 2.05) is 24.1 Å². The number of carbonyl (C=O) groups excluding carboxylic acids is 1. The van der Waals surface area contributed by atoms with E-state index in [4.69, 9.17) is 0 Å². The number of thiazole rings is 1. The fourth-order valence-corrected chi connectivity index (χ4v) is 4.47. The minimum atomic E-state index is -0.277. The van der Waals surface area contributed by atoms with Crippen molar-refractivity contribution in [2.75, 3.05) is 63.1 Å². The quantitative estimate of drug-likeness (QED) is 0.567. The van der Waals surface area contributed by atoms with Crippen LogP contribution < -0.4 is 15.5 Å². The molecule has 4 rings (SSSR count). The summed E-state index contributed by atoms with van der Waals surface area (Å²) in [4.78, 5) is 28.8. The molecule has 2 aromatic heterocycles. The molecule has 0 bridgehead atoms. The summed E-state index contributed by atoms with van der Waals surface area (Å²) in [5, 5.41) is 6.22. The number of carbonyl (C=O) groups is 1. The third kappa shape index (κ3) is 5.50. The normalized spacial score (nSPS) is 15.1. The van der Waals surface area contributed by atoms with Gasteiger partial charge in [0.1, 0.15) is 22.0 Å². The molecule has 0 radical (unpaired) electrons. The van der Waals surface area contributed by atoms with Crippen LogP contribution in [0.4, 0.5) is 25.8 Å². The van der Waals surface area contributed by atoms with E-state index in [1.165, 1.54) is 23.5 Å². The molecular weight excluding hydrogens is 429 g/mol. The van der Waals surface area contributed by atoms with Gasteiger partial charge in [-0.1, -0.05) is 18.3 Å². The number of aromatic nitrogens is 2. The molecule has 1 aliphatic rings. The minimum absolute atomic E-state index is 0.264. The average molecular weight is 458 g/mol. The fourth-order valence-electron chi connectivity index (χ4n) is 3.64. The van der Waals surface area contributed by atoms with Crippen molar-refractivity contribution in [2.24, 2.45) is 0 Å². The molecule has 0 aliphatic carbocycles. The first kappa shape index (κ1) is 22.4. The number of benzene rings is 1. The van der Waals surface area contributed by atoms with Gasteiger partial charge >= 0.3 is 6.03 Å². The van der Waals surface area contributed by atoms with E-state index >= 15 is 0 Å². The first-order valence-corrected chi connectivity index (χ1v) is 11.6. The van der Waals surface area contributed by atoms with Gasteiger partial charge in [0.15, 0.2) is 5.13 Å². The molecule has 2 amide bonds. The molecule has 1 aliphatic heterocycles. The van der Waals surface area contributed by atoms with Crippen LogP contribution in [-0.2, 0) is 0 Å². The topological polar surface area (TPSA) is 76.6 Å². The maximum Gasteiger partial charge on any atom is 0.321 e. The Bertz CT molecular complexity index is 1050. The lowest BCUT2D eigenvalue weighted by atomic mass is 10.3. The number of hydrogen-bond donors (Lipinski definition) is 2. The van der Waals surface area contributed by atoms with Crippen molar-refractivity contribution in [3.05, 3.63) is 42.2 Å². The zero-order valence-corrected chi connectivity index (χ0v) is 19.2. The zero-order valence-electron chi connectivity index (χ0n) is 18.3. The highest BCUT2D eigenvalue weighted by atomic mass is 32.1. The molecule has 10 heteroatoms. The number of halogens is 1. The smallest absolute Gasteiger partial charge is 0.321 e. The van der Waals surface area contributed by atoms with E-state index in [2.05, 4.69) is 37.3 Å². The van der Waals surface area contributed by atoms with Gasteiger partial charge in [-0.25, -0.2) is 19.2 Å². The second kappa shape index (κ2) is 10.2. The Kier molecular flexibility index (Phi) is 7.13. The second-order valence-corrected chi connectivity index (χ2v) is 8.68. The van der Waals surface area contributed by atoms with E-state index in [-0.39, 0.29) is 11.8 Å². The van der Waals surface area contributed by atoms with Crippen molar-refractivity contribution in [3.8, 4) is 0 Å². The van der Waals surface area contributed by atoms with Crippen LogP contribution in [0.5, 0.6) is 0 Å². The number of likely N-dealkylation sites (N-methyl/N-ethyl adjacent to an activating group) is 1. The summed E-state index contributed by atoms with van der Waals surface area (Å²) in [7, 11) is 1.87. The molecule has 0 saturated carbocycles. The highest BCUT2D eigenvalue weighted by Gasteiger charge is 2.16. The molecule has 0 spiro atoms. The molecule has 1 fully saturated rings. The number of anilines is 3. The second-order valence-electron chi connectivity index (χ2n) is 7.70. The molecule has 32 heavy (non-hydrogen) atoms. The van der Waals surface area contributed by atoms with Crippen molar-refractivity contribution in [1.29, 1.82) is 0 Å².